The minimum Gasteiger partial charge on any atom is -0.326 e. The van der Waals surface area contributed by atoms with E-state index >= 15 is 0 Å². The van der Waals surface area contributed by atoms with Crippen LogP contribution in [0.3, 0.4) is 0 Å². The second kappa shape index (κ2) is 6.59. The van der Waals surface area contributed by atoms with Crippen LogP contribution in [0.4, 0.5) is 5.69 Å². The fourth-order valence-electron chi connectivity index (χ4n) is 1.89. The lowest BCUT2D eigenvalue weighted by atomic mass is 10.1. The van der Waals surface area contributed by atoms with Crippen molar-refractivity contribution >= 4 is 23.4 Å². The van der Waals surface area contributed by atoms with Gasteiger partial charge in [-0.05, 0) is 42.8 Å². The molecule has 20 heavy (non-hydrogen) atoms. The molecule has 3 N–H and O–H groups in total. The van der Waals surface area contributed by atoms with Gasteiger partial charge in [0.25, 0.3) is 0 Å². The molecule has 1 atom stereocenters. The van der Waals surface area contributed by atoms with Crippen LogP contribution >= 0.6 is 11.8 Å². The van der Waals surface area contributed by atoms with Crippen molar-refractivity contribution in [3.63, 3.8) is 0 Å². The molecule has 0 saturated heterocycles. The van der Waals surface area contributed by atoms with E-state index in [9.17, 15) is 4.79 Å². The molecule has 3 nitrogen and oxygen atoms in total. The van der Waals surface area contributed by atoms with Crippen LogP contribution in [0.25, 0.3) is 0 Å². The zero-order valence-electron chi connectivity index (χ0n) is 11.6. The van der Waals surface area contributed by atoms with E-state index < -0.39 is 0 Å². The predicted molar refractivity (Wildman–Crippen MR) is 83.9 cm³/mol. The molecule has 0 bridgehead atoms. The molecule has 0 saturated carbocycles. The fraction of sp³-hybridized carbons (Fsp3) is 0.188. The fourth-order valence-corrected chi connectivity index (χ4v) is 2.93. The Balaban J connectivity index is 2.16. The summed E-state index contributed by atoms with van der Waals surface area (Å²) in [5.74, 6) is -0.0623. The summed E-state index contributed by atoms with van der Waals surface area (Å²) in [5, 5.41) is 2.76. The number of rotatable bonds is 4. The van der Waals surface area contributed by atoms with Gasteiger partial charge in [-0.25, -0.2) is 0 Å². The molecular weight excluding hydrogens is 268 g/mol. The smallest absolute Gasteiger partial charge is 0.221 e. The molecule has 0 radical (unpaired) electrons. The SMILES string of the molecule is CC(=O)Nc1ccc(Sc2ccccc2[C@@H](C)N)cc1. The molecule has 104 valence electrons. The lowest BCUT2D eigenvalue weighted by molar-refractivity contribution is -0.114. The quantitative estimate of drug-likeness (QED) is 0.898. The second-order valence-electron chi connectivity index (χ2n) is 4.63. The molecule has 2 rings (SSSR count). The topological polar surface area (TPSA) is 55.1 Å². The maximum atomic E-state index is 11.0. The van der Waals surface area contributed by atoms with Crippen LogP contribution in [0.5, 0.6) is 0 Å². The molecule has 0 spiro atoms. The molecule has 0 aliphatic carbocycles. The van der Waals surface area contributed by atoms with Crippen LogP contribution in [0.2, 0.25) is 0 Å². The van der Waals surface area contributed by atoms with Gasteiger partial charge in [0.2, 0.25) is 5.91 Å². The van der Waals surface area contributed by atoms with Crippen molar-refractivity contribution in [2.75, 3.05) is 5.32 Å². The lowest BCUT2D eigenvalue weighted by Crippen LogP contribution is -2.06. The van der Waals surface area contributed by atoms with E-state index in [1.54, 1.807) is 11.8 Å². The Labute approximate surface area is 123 Å². The monoisotopic (exact) mass is 286 g/mol. The first-order valence-electron chi connectivity index (χ1n) is 6.46. The molecule has 4 heteroatoms. The first-order valence-corrected chi connectivity index (χ1v) is 7.28. The van der Waals surface area contributed by atoms with E-state index in [4.69, 9.17) is 5.73 Å². The summed E-state index contributed by atoms with van der Waals surface area (Å²) in [6.45, 7) is 3.49. The molecule has 0 heterocycles. The van der Waals surface area contributed by atoms with E-state index in [2.05, 4.69) is 17.4 Å². The number of nitrogens with two attached hydrogens (primary N) is 1. The van der Waals surface area contributed by atoms with Gasteiger partial charge in [0.1, 0.15) is 0 Å². The molecule has 0 aromatic heterocycles. The average Bonchev–Trinajstić information content (AvgIpc) is 2.41. The van der Waals surface area contributed by atoms with Crippen molar-refractivity contribution in [2.45, 2.75) is 29.7 Å². The van der Waals surface area contributed by atoms with E-state index in [1.807, 2.05) is 43.3 Å². The number of hydrogen-bond donors (Lipinski definition) is 2. The molecule has 2 aromatic rings. The van der Waals surface area contributed by atoms with Gasteiger partial charge >= 0.3 is 0 Å². The molecule has 2 aromatic carbocycles. The van der Waals surface area contributed by atoms with Gasteiger partial charge in [0.15, 0.2) is 0 Å². The number of nitrogens with one attached hydrogen (secondary N) is 1. The molecule has 0 fully saturated rings. The molecular formula is C16H18N2OS. The van der Waals surface area contributed by atoms with E-state index in [0.717, 1.165) is 21.0 Å². The van der Waals surface area contributed by atoms with E-state index in [0.29, 0.717) is 0 Å². The predicted octanol–water partition coefficient (Wildman–Crippen LogP) is 3.82. The van der Waals surface area contributed by atoms with Crippen molar-refractivity contribution in [1.82, 2.24) is 0 Å². The minimum absolute atomic E-state index is 0.0114. The summed E-state index contributed by atoms with van der Waals surface area (Å²) in [7, 11) is 0. The Morgan fingerprint density at radius 2 is 1.80 bits per heavy atom. The minimum atomic E-state index is -0.0623. The number of carbonyl (C=O) groups is 1. The highest BCUT2D eigenvalue weighted by atomic mass is 32.2. The highest BCUT2D eigenvalue weighted by Crippen LogP contribution is 2.33. The average molecular weight is 286 g/mol. The van der Waals surface area contributed by atoms with Gasteiger partial charge in [-0.3, -0.25) is 4.79 Å². The van der Waals surface area contributed by atoms with Gasteiger partial charge in [0.05, 0.1) is 0 Å². The Morgan fingerprint density at radius 3 is 2.40 bits per heavy atom. The van der Waals surface area contributed by atoms with Gasteiger partial charge in [0, 0.05) is 28.4 Å². The number of anilines is 1. The second-order valence-corrected chi connectivity index (χ2v) is 5.75. The van der Waals surface area contributed by atoms with Gasteiger partial charge < -0.3 is 11.1 Å². The highest BCUT2D eigenvalue weighted by molar-refractivity contribution is 7.99. The third-order valence-electron chi connectivity index (χ3n) is 2.81. The zero-order chi connectivity index (χ0) is 14.5. The first-order chi connectivity index (χ1) is 9.56. The molecule has 0 aliphatic rings. The zero-order valence-corrected chi connectivity index (χ0v) is 12.4. The maximum Gasteiger partial charge on any atom is 0.221 e. The molecule has 0 aliphatic heterocycles. The third kappa shape index (κ3) is 3.85. The van der Waals surface area contributed by atoms with Crippen LogP contribution in [-0.2, 0) is 4.79 Å². The Kier molecular flexibility index (Phi) is 4.82. The molecule has 0 unspecified atom stereocenters. The van der Waals surface area contributed by atoms with Crippen LogP contribution in [-0.4, -0.2) is 5.91 Å². The van der Waals surface area contributed by atoms with Crippen LogP contribution in [0, 0.1) is 0 Å². The summed E-state index contributed by atoms with van der Waals surface area (Å²) >= 11 is 1.68. The Morgan fingerprint density at radius 1 is 1.15 bits per heavy atom. The Hall–Kier alpha value is -1.78. The largest absolute Gasteiger partial charge is 0.326 e. The molecule has 1 amide bonds. The van der Waals surface area contributed by atoms with Crippen molar-refractivity contribution in [3.8, 4) is 0 Å². The highest BCUT2D eigenvalue weighted by Gasteiger charge is 2.07. The summed E-state index contributed by atoms with van der Waals surface area (Å²) in [6, 6.07) is 15.9. The van der Waals surface area contributed by atoms with Crippen LogP contribution in [0.15, 0.2) is 58.3 Å². The number of benzene rings is 2. The van der Waals surface area contributed by atoms with Crippen molar-refractivity contribution in [1.29, 1.82) is 0 Å². The van der Waals surface area contributed by atoms with Crippen molar-refractivity contribution in [2.24, 2.45) is 5.73 Å². The summed E-state index contributed by atoms with van der Waals surface area (Å²) in [6.07, 6.45) is 0. The normalized spacial score (nSPS) is 11.9. The summed E-state index contributed by atoms with van der Waals surface area (Å²) in [5.41, 5.74) is 7.94. The van der Waals surface area contributed by atoms with Crippen LogP contribution < -0.4 is 11.1 Å². The van der Waals surface area contributed by atoms with Crippen molar-refractivity contribution < 1.29 is 4.79 Å². The maximum absolute atomic E-state index is 11.0. The van der Waals surface area contributed by atoms with Gasteiger partial charge in [-0.2, -0.15) is 0 Å². The van der Waals surface area contributed by atoms with Gasteiger partial charge in [-0.15, -0.1) is 0 Å². The Bertz CT molecular complexity index is 594. The number of carbonyl (C=O) groups excluding carboxylic acids is 1. The number of amides is 1. The van der Waals surface area contributed by atoms with Crippen molar-refractivity contribution in [3.05, 3.63) is 54.1 Å². The first kappa shape index (κ1) is 14.6. The summed E-state index contributed by atoms with van der Waals surface area (Å²) < 4.78 is 0. The van der Waals surface area contributed by atoms with E-state index in [-0.39, 0.29) is 11.9 Å². The number of hydrogen-bond acceptors (Lipinski definition) is 3. The lowest BCUT2D eigenvalue weighted by Gasteiger charge is -2.12. The van der Waals surface area contributed by atoms with Crippen LogP contribution in [0.1, 0.15) is 25.5 Å². The standard InChI is InChI=1S/C16H18N2OS/c1-11(17)15-5-3-4-6-16(15)20-14-9-7-13(8-10-14)18-12(2)19/h3-11H,17H2,1-2H3,(H,18,19)/t11-/m1/s1. The van der Waals surface area contributed by atoms with E-state index in [1.165, 1.54) is 6.92 Å². The third-order valence-corrected chi connectivity index (χ3v) is 3.91. The summed E-state index contributed by atoms with van der Waals surface area (Å²) in [4.78, 5) is 13.3. The van der Waals surface area contributed by atoms with Gasteiger partial charge in [-0.1, -0.05) is 30.0 Å².